The van der Waals surface area contributed by atoms with E-state index in [0.717, 1.165) is 0 Å². The summed E-state index contributed by atoms with van der Waals surface area (Å²) in [5.74, 6) is 0.266. The highest BCUT2D eigenvalue weighted by atomic mass is 32.2. The standard InChI is InChI=1S/C10H16N2O3S/c1-8(10(14)15-2)6-16-7-9(13)12-5-3-4-11/h8H,3,5-7H2,1-2H3,(H,12,13). The van der Waals surface area contributed by atoms with Crippen molar-refractivity contribution in [3.8, 4) is 6.07 Å². The Morgan fingerprint density at radius 2 is 2.25 bits per heavy atom. The molecule has 0 aromatic carbocycles. The van der Waals surface area contributed by atoms with E-state index < -0.39 is 0 Å². The van der Waals surface area contributed by atoms with Gasteiger partial charge in [0.15, 0.2) is 0 Å². The topological polar surface area (TPSA) is 79.2 Å². The van der Waals surface area contributed by atoms with Crippen molar-refractivity contribution in [2.45, 2.75) is 13.3 Å². The molecule has 0 aliphatic carbocycles. The lowest BCUT2D eigenvalue weighted by Gasteiger charge is -2.08. The Bertz CT molecular complexity index is 276. The van der Waals surface area contributed by atoms with E-state index in [1.54, 1.807) is 6.92 Å². The van der Waals surface area contributed by atoms with E-state index in [4.69, 9.17) is 5.26 Å². The number of hydrogen-bond acceptors (Lipinski definition) is 5. The van der Waals surface area contributed by atoms with Gasteiger partial charge < -0.3 is 10.1 Å². The smallest absolute Gasteiger partial charge is 0.309 e. The third-order valence-electron chi connectivity index (χ3n) is 1.76. The third kappa shape index (κ3) is 7.12. The van der Waals surface area contributed by atoms with Crippen LogP contribution in [-0.2, 0) is 14.3 Å². The number of carbonyl (C=O) groups is 2. The van der Waals surface area contributed by atoms with Gasteiger partial charge in [-0.3, -0.25) is 9.59 Å². The number of carbonyl (C=O) groups excluding carboxylic acids is 2. The fourth-order valence-electron chi connectivity index (χ4n) is 0.906. The predicted molar refractivity (Wildman–Crippen MR) is 61.7 cm³/mol. The Morgan fingerprint density at radius 3 is 2.81 bits per heavy atom. The summed E-state index contributed by atoms with van der Waals surface area (Å²) >= 11 is 1.38. The second-order valence-electron chi connectivity index (χ2n) is 3.20. The third-order valence-corrected chi connectivity index (χ3v) is 2.97. The summed E-state index contributed by atoms with van der Waals surface area (Å²) in [6.45, 7) is 2.13. The number of rotatable bonds is 7. The molecule has 0 bridgehead atoms. The molecule has 0 radical (unpaired) electrons. The van der Waals surface area contributed by atoms with Gasteiger partial charge in [0.05, 0.1) is 31.3 Å². The number of amides is 1. The summed E-state index contributed by atoms with van der Waals surface area (Å²) in [5, 5.41) is 10.9. The number of hydrogen-bond donors (Lipinski definition) is 1. The van der Waals surface area contributed by atoms with Crippen LogP contribution in [0.2, 0.25) is 0 Å². The summed E-state index contributed by atoms with van der Waals surface area (Å²) in [5.41, 5.74) is 0. The highest BCUT2D eigenvalue weighted by Crippen LogP contribution is 2.09. The van der Waals surface area contributed by atoms with E-state index in [1.807, 2.05) is 6.07 Å². The highest BCUT2D eigenvalue weighted by molar-refractivity contribution is 7.99. The van der Waals surface area contributed by atoms with Crippen LogP contribution in [-0.4, -0.2) is 37.0 Å². The summed E-state index contributed by atoms with van der Waals surface area (Å²) in [6.07, 6.45) is 0.314. The minimum absolute atomic E-state index is 0.114. The second kappa shape index (κ2) is 9.04. The van der Waals surface area contributed by atoms with Crippen molar-refractivity contribution in [3.05, 3.63) is 0 Å². The Kier molecular flexibility index (Phi) is 8.35. The number of nitriles is 1. The second-order valence-corrected chi connectivity index (χ2v) is 4.23. The highest BCUT2D eigenvalue weighted by Gasteiger charge is 2.13. The summed E-state index contributed by atoms with van der Waals surface area (Å²) in [6, 6.07) is 1.94. The Morgan fingerprint density at radius 1 is 1.56 bits per heavy atom. The van der Waals surface area contributed by atoms with Gasteiger partial charge in [-0.2, -0.15) is 17.0 Å². The van der Waals surface area contributed by atoms with Crippen molar-refractivity contribution in [1.82, 2.24) is 5.32 Å². The largest absolute Gasteiger partial charge is 0.469 e. The van der Waals surface area contributed by atoms with Gasteiger partial charge in [-0.1, -0.05) is 6.92 Å². The molecule has 0 fully saturated rings. The molecule has 0 aliphatic heterocycles. The summed E-state index contributed by atoms with van der Waals surface area (Å²) in [7, 11) is 1.35. The van der Waals surface area contributed by atoms with Crippen LogP contribution in [0.25, 0.3) is 0 Å². The number of methoxy groups -OCH3 is 1. The maximum atomic E-state index is 11.2. The molecule has 90 valence electrons. The molecule has 6 heteroatoms. The molecular formula is C10H16N2O3S. The lowest BCUT2D eigenvalue weighted by atomic mass is 10.2. The molecule has 16 heavy (non-hydrogen) atoms. The Hall–Kier alpha value is -1.22. The van der Waals surface area contributed by atoms with Crippen LogP contribution in [0.1, 0.15) is 13.3 Å². The first-order chi connectivity index (χ1) is 7.61. The van der Waals surface area contributed by atoms with Crippen LogP contribution >= 0.6 is 11.8 Å². The molecule has 1 atom stereocenters. The van der Waals surface area contributed by atoms with E-state index in [1.165, 1.54) is 18.9 Å². The molecule has 0 saturated carbocycles. The Balaban J connectivity index is 3.54. The van der Waals surface area contributed by atoms with Crippen molar-refractivity contribution >= 4 is 23.6 Å². The lowest BCUT2D eigenvalue weighted by Crippen LogP contribution is -2.26. The molecule has 0 rings (SSSR count). The first-order valence-electron chi connectivity index (χ1n) is 4.91. The van der Waals surface area contributed by atoms with E-state index in [0.29, 0.717) is 24.5 Å². The molecule has 1 N–H and O–H groups in total. The van der Waals surface area contributed by atoms with E-state index in [9.17, 15) is 9.59 Å². The predicted octanol–water partition coefficient (Wildman–Crippen LogP) is 0.559. The van der Waals surface area contributed by atoms with Crippen LogP contribution in [0.15, 0.2) is 0 Å². The van der Waals surface area contributed by atoms with Crippen LogP contribution in [0.5, 0.6) is 0 Å². The zero-order valence-corrected chi connectivity index (χ0v) is 10.3. The molecule has 0 heterocycles. The maximum absolute atomic E-state index is 11.2. The average Bonchev–Trinajstić information content (AvgIpc) is 2.28. The van der Waals surface area contributed by atoms with Crippen molar-refractivity contribution in [3.63, 3.8) is 0 Å². The van der Waals surface area contributed by atoms with E-state index in [2.05, 4.69) is 10.1 Å². The molecule has 0 aromatic rings. The van der Waals surface area contributed by atoms with Gasteiger partial charge in [0.2, 0.25) is 5.91 Å². The summed E-state index contributed by atoms with van der Waals surface area (Å²) in [4.78, 5) is 22.2. The number of thioether (sulfide) groups is 1. The van der Waals surface area contributed by atoms with Crippen LogP contribution in [0, 0.1) is 17.2 Å². The molecule has 1 amide bonds. The minimum Gasteiger partial charge on any atom is -0.469 e. The van der Waals surface area contributed by atoms with Crippen molar-refractivity contribution < 1.29 is 14.3 Å². The molecule has 0 aliphatic rings. The lowest BCUT2D eigenvalue weighted by molar-refractivity contribution is -0.144. The van der Waals surface area contributed by atoms with Crippen LogP contribution in [0.4, 0.5) is 0 Å². The molecular weight excluding hydrogens is 228 g/mol. The average molecular weight is 244 g/mol. The van der Waals surface area contributed by atoms with Gasteiger partial charge in [0.25, 0.3) is 0 Å². The van der Waals surface area contributed by atoms with Gasteiger partial charge in [0.1, 0.15) is 0 Å². The zero-order chi connectivity index (χ0) is 12.4. The number of ether oxygens (including phenoxy) is 1. The van der Waals surface area contributed by atoms with Gasteiger partial charge >= 0.3 is 5.97 Å². The van der Waals surface area contributed by atoms with Crippen molar-refractivity contribution in [2.75, 3.05) is 25.2 Å². The Labute approximate surface area is 99.5 Å². The maximum Gasteiger partial charge on any atom is 0.309 e. The number of nitrogens with one attached hydrogen (secondary N) is 1. The van der Waals surface area contributed by atoms with E-state index in [-0.39, 0.29) is 17.8 Å². The first-order valence-corrected chi connectivity index (χ1v) is 6.06. The molecule has 0 saturated heterocycles. The van der Waals surface area contributed by atoms with Crippen molar-refractivity contribution in [1.29, 1.82) is 5.26 Å². The van der Waals surface area contributed by atoms with Gasteiger partial charge in [-0.25, -0.2) is 0 Å². The normalized spacial score (nSPS) is 11.3. The zero-order valence-electron chi connectivity index (χ0n) is 9.49. The SMILES string of the molecule is COC(=O)C(C)CSCC(=O)NCCC#N. The van der Waals surface area contributed by atoms with Gasteiger partial charge in [-0.05, 0) is 0 Å². The minimum atomic E-state index is -0.266. The molecule has 5 nitrogen and oxygen atoms in total. The first kappa shape index (κ1) is 14.8. The number of esters is 1. The van der Waals surface area contributed by atoms with Crippen LogP contribution in [0.3, 0.4) is 0 Å². The number of nitrogens with zero attached hydrogens (tertiary/aromatic N) is 1. The molecule has 1 unspecified atom stereocenters. The molecule has 0 aromatic heterocycles. The van der Waals surface area contributed by atoms with E-state index >= 15 is 0 Å². The fraction of sp³-hybridized carbons (Fsp3) is 0.700. The monoisotopic (exact) mass is 244 g/mol. The summed E-state index contributed by atoms with van der Waals surface area (Å²) < 4.78 is 4.56. The van der Waals surface area contributed by atoms with Gasteiger partial charge in [-0.15, -0.1) is 0 Å². The van der Waals surface area contributed by atoms with Crippen LogP contribution < -0.4 is 5.32 Å². The van der Waals surface area contributed by atoms with Gasteiger partial charge in [0, 0.05) is 12.3 Å². The van der Waals surface area contributed by atoms with Crippen molar-refractivity contribution in [2.24, 2.45) is 5.92 Å². The quantitative estimate of drug-likeness (QED) is 0.523. The fourth-order valence-corrected chi connectivity index (χ4v) is 1.80. The molecule has 0 spiro atoms.